The largest absolute Gasteiger partial charge is 0.454 e. The number of ether oxygens (including phenoxy) is 1. The van der Waals surface area contributed by atoms with Crippen LogP contribution in [0.4, 0.5) is 13.2 Å². The molecular formula is C20H23F3N4O6. The number of halogens is 3. The highest BCUT2D eigenvalue weighted by atomic mass is 19.4. The number of Topliss-reactive ketones (excluding diaryl/α,β-unsaturated/α-hetero) is 1. The molecule has 1 aromatic rings. The lowest BCUT2D eigenvalue weighted by atomic mass is 9.96. The smallest absolute Gasteiger partial charge is 0.417 e. The van der Waals surface area contributed by atoms with E-state index in [4.69, 9.17) is 4.74 Å². The lowest BCUT2D eigenvalue weighted by Gasteiger charge is -2.20. The Kier molecular flexibility index (Phi) is 8.49. The number of amides is 3. The molecule has 3 amide bonds. The third-order valence-corrected chi connectivity index (χ3v) is 4.94. The lowest BCUT2D eigenvalue weighted by Crippen LogP contribution is -2.47. The second-order valence-corrected chi connectivity index (χ2v) is 7.44. The average Bonchev–Trinajstić information content (AvgIpc) is 3.13. The zero-order chi connectivity index (χ0) is 24.8. The van der Waals surface area contributed by atoms with E-state index in [1.54, 1.807) is 0 Å². The molecule has 2 rings (SSSR count). The Morgan fingerprint density at radius 3 is 2.61 bits per heavy atom. The molecule has 0 bridgehead atoms. The number of esters is 1. The van der Waals surface area contributed by atoms with Gasteiger partial charge in [0.05, 0.1) is 29.4 Å². The van der Waals surface area contributed by atoms with Crippen LogP contribution >= 0.6 is 0 Å². The van der Waals surface area contributed by atoms with E-state index >= 15 is 0 Å². The van der Waals surface area contributed by atoms with Crippen LogP contribution in [0.3, 0.4) is 0 Å². The van der Waals surface area contributed by atoms with Crippen molar-refractivity contribution in [2.75, 3.05) is 19.7 Å². The van der Waals surface area contributed by atoms with Crippen molar-refractivity contribution in [3.05, 3.63) is 28.6 Å². The Hall–Kier alpha value is -3.51. The summed E-state index contributed by atoms with van der Waals surface area (Å²) in [5.41, 5.74) is -2.22. The number of hydrogen-bond acceptors (Lipinski definition) is 7. The van der Waals surface area contributed by atoms with Crippen molar-refractivity contribution in [3.8, 4) is 0 Å². The molecule has 180 valence electrons. The molecule has 0 radical (unpaired) electrons. The summed E-state index contributed by atoms with van der Waals surface area (Å²) in [5, 5.41) is 7.04. The number of alkyl halides is 3. The van der Waals surface area contributed by atoms with Crippen LogP contribution in [0.1, 0.15) is 40.2 Å². The highest BCUT2D eigenvalue weighted by Crippen LogP contribution is 2.33. The SMILES string of the molecule is Cc1cc(C(F)(F)F)c(C(=O)OCC(=O)[C@H](C[C@@H]2CCNC2=O)NC(=O)CNC=O)c(C)n1. The summed E-state index contributed by atoms with van der Waals surface area (Å²) in [7, 11) is 0. The molecule has 2 heterocycles. The molecule has 33 heavy (non-hydrogen) atoms. The monoisotopic (exact) mass is 472 g/mol. The Bertz CT molecular complexity index is 950. The fourth-order valence-electron chi connectivity index (χ4n) is 3.42. The Labute approximate surface area is 186 Å². The molecular weight excluding hydrogens is 449 g/mol. The van der Waals surface area contributed by atoms with Crippen molar-refractivity contribution in [2.45, 2.75) is 38.9 Å². The molecule has 2 atom stereocenters. The first-order valence-electron chi connectivity index (χ1n) is 9.93. The van der Waals surface area contributed by atoms with E-state index in [1.807, 2.05) is 0 Å². The summed E-state index contributed by atoms with van der Waals surface area (Å²) in [6, 6.07) is -0.556. The number of nitrogens with one attached hydrogen (secondary N) is 3. The summed E-state index contributed by atoms with van der Waals surface area (Å²) < 4.78 is 45.0. The van der Waals surface area contributed by atoms with Crippen LogP contribution in [0.25, 0.3) is 0 Å². The second kappa shape index (κ2) is 10.9. The van der Waals surface area contributed by atoms with Crippen molar-refractivity contribution in [3.63, 3.8) is 0 Å². The number of rotatable bonds is 10. The third kappa shape index (κ3) is 6.99. The minimum absolute atomic E-state index is 0.0500. The average molecular weight is 472 g/mol. The van der Waals surface area contributed by atoms with E-state index in [-0.39, 0.29) is 30.1 Å². The number of hydrogen-bond donors (Lipinski definition) is 3. The van der Waals surface area contributed by atoms with E-state index < -0.39 is 60.1 Å². The Morgan fingerprint density at radius 2 is 2.03 bits per heavy atom. The summed E-state index contributed by atoms with van der Waals surface area (Å²) in [6.45, 7) is 1.56. The second-order valence-electron chi connectivity index (χ2n) is 7.44. The fraction of sp³-hybridized carbons (Fsp3) is 0.500. The Morgan fingerprint density at radius 1 is 1.33 bits per heavy atom. The molecule has 0 aliphatic carbocycles. The number of nitrogens with zero attached hydrogens (tertiary/aromatic N) is 1. The van der Waals surface area contributed by atoms with Crippen LogP contribution in [-0.4, -0.2) is 60.7 Å². The van der Waals surface area contributed by atoms with Gasteiger partial charge in [-0.3, -0.25) is 24.2 Å². The maximum atomic E-state index is 13.4. The molecule has 13 heteroatoms. The molecule has 0 spiro atoms. The quantitative estimate of drug-likeness (QED) is 0.326. The van der Waals surface area contributed by atoms with Gasteiger partial charge in [0.1, 0.15) is 0 Å². The van der Waals surface area contributed by atoms with Crippen LogP contribution in [-0.2, 0) is 30.1 Å². The van der Waals surface area contributed by atoms with E-state index in [1.165, 1.54) is 13.8 Å². The maximum Gasteiger partial charge on any atom is 0.417 e. The van der Waals surface area contributed by atoms with Gasteiger partial charge < -0.3 is 20.7 Å². The fourth-order valence-corrected chi connectivity index (χ4v) is 3.42. The molecule has 1 aromatic heterocycles. The standard InChI is InChI=1S/C20H23F3N4O6/c1-10-5-13(20(21,22)23)17(11(2)26-10)19(32)33-8-15(29)14(27-16(30)7-24-9-28)6-12-3-4-25-18(12)31/h5,9,12,14H,3-4,6-8H2,1-2H3,(H,24,28)(H,25,31)(H,27,30)/t12-,14-/m0/s1. The van der Waals surface area contributed by atoms with Gasteiger partial charge in [-0.15, -0.1) is 0 Å². The van der Waals surface area contributed by atoms with Crippen LogP contribution in [0.15, 0.2) is 6.07 Å². The first-order valence-corrected chi connectivity index (χ1v) is 9.93. The molecule has 1 aliphatic heterocycles. The molecule has 1 saturated heterocycles. The van der Waals surface area contributed by atoms with Gasteiger partial charge in [-0.05, 0) is 32.8 Å². The topological polar surface area (TPSA) is 144 Å². The lowest BCUT2D eigenvalue weighted by molar-refractivity contribution is -0.138. The number of aromatic nitrogens is 1. The predicted molar refractivity (Wildman–Crippen MR) is 106 cm³/mol. The summed E-state index contributed by atoms with van der Waals surface area (Å²) in [5.74, 6) is -3.86. The number of carbonyl (C=O) groups excluding carboxylic acids is 5. The van der Waals surface area contributed by atoms with Gasteiger partial charge in [0, 0.05) is 18.2 Å². The van der Waals surface area contributed by atoms with Crippen molar-refractivity contribution >= 4 is 30.0 Å². The van der Waals surface area contributed by atoms with Crippen molar-refractivity contribution in [2.24, 2.45) is 5.92 Å². The number of carbonyl (C=O) groups is 5. The van der Waals surface area contributed by atoms with Gasteiger partial charge in [0.2, 0.25) is 18.2 Å². The van der Waals surface area contributed by atoms with Gasteiger partial charge in [0.15, 0.2) is 12.4 Å². The van der Waals surface area contributed by atoms with Gasteiger partial charge in [-0.2, -0.15) is 13.2 Å². The van der Waals surface area contributed by atoms with E-state index in [0.717, 1.165) is 0 Å². The molecule has 1 fully saturated rings. The van der Waals surface area contributed by atoms with Crippen LogP contribution in [0.5, 0.6) is 0 Å². The number of aryl methyl sites for hydroxylation is 2. The summed E-state index contributed by atoms with van der Waals surface area (Å²) in [4.78, 5) is 63.1. The zero-order valence-corrected chi connectivity index (χ0v) is 17.9. The Balaban J connectivity index is 2.15. The first-order chi connectivity index (χ1) is 15.4. The third-order valence-electron chi connectivity index (χ3n) is 4.94. The molecule has 0 unspecified atom stereocenters. The van der Waals surface area contributed by atoms with Crippen LogP contribution in [0.2, 0.25) is 0 Å². The molecule has 10 nitrogen and oxygen atoms in total. The predicted octanol–water partition coefficient (Wildman–Crippen LogP) is 0.200. The number of pyridine rings is 1. The van der Waals surface area contributed by atoms with Crippen molar-refractivity contribution < 1.29 is 41.9 Å². The van der Waals surface area contributed by atoms with Gasteiger partial charge in [0.25, 0.3) is 0 Å². The molecule has 1 aliphatic rings. The number of ketones is 1. The molecule has 0 saturated carbocycles. The highest BCUT2D eigenvalue weighted by molar-refractivity contribution is 5.96. The first kappa shape index (κ1) is 25.7. The molecule has 3 N–H and O–H groups in total. The maximum absolute atomic E-state index is 13.4. The van der Waals surface area contributed by atoms with E-state index in [2.05, 4.69) is 20.9 Å². The summed E-state index contributed by atoms with van der Waals surface area (Å²) >= 11 is 0. The van der Waals surface area contributed by atoms with Gasteiger partial charge >= 0.3 is 12.1 Å². The van der Waals surface area contributed by atoms with Gasteiger partial charge in [-0.25, -0.2) is 4.79 Å². The van der Waals surface area contributed by atoms with Crippen molar-refractivity contribution in [1.29, 1.82) is 0 Å². The van der Waals surface area contributed by atoms with Crippen LogP contribution < -0.4 is 16.0 Å². The summed E-state index contributed by atoms with van der Waals surface area (Å²) in [6.07, 6.45) is -4.27. The van der Waals surface area contributed by atoms with E-state index in [0.29, 0.717) is 19.0 Å². The zero-order valence-electron chi connectivity index (χ0n) is 17.9. The minimum atomic E-state index is -4.85. The highest BCUT2D eigenvalue weighted by Gasteiger charge is 2.38. The minimum Gasteiger partial charge on any atom is -0.454 e. The molecule has 0 aromatic carbocycles. The van der Waals surface area contributed by atoms with Gasteiger partial charge in [-0.1, -0.05) is 0 Å². The van der Waals surface area contributed by atoms with E-state index in [9.17, 15) is 37.1 Å². The normalized spacial score (nSPS) is 16.5. The van der Waals surface area contributed by atoms with Crippen molar-refractivity contribution in [1.82, 2.24) is 20.9 Å². The van der Waals surface area contributed by atoms with Crippen LogP contribution in [0, 0.1) is 19.8 Å².